The number of sulfonamides is 1. The van der Waals surface area contributed by atoms with Crippen molar-refractivity contribution >= 4 is 39.5 Å². The van der Waals surface area contributed by atoms with Gasteiger partial charge in [0.1, 0.15) is 5.82 Å². The third kappa shape index (κ3) is 3.02. The lowest BCUT2D eigenvalue weighted by Crippen LogP contribution is -2.55. The van der Waals surface area contributed by atoms with Gasteiger partial charge in [-0.25, -0.2) is 18.4 Å². The topological polar surface area (TPSA) is 95.0 Å². The fourth-order valence-corrected chi connectivity index (χ4v) is 6.02. The van der Waals surface area contributed by atoms with E-state index in [2.05, 4.69) is 20.2 Å². The molecule has 4 heterocycles. The number of hydrogen-bond donors (Lipinski definition) is 1. The number of hydrogen-bond acceptors (Lipinski definition) is 6. The highest BCUT2D eigenvalue weighted by Crippen LogP contribution is 2.40. The number of fused-ring (bicyclic) bond motifs is 3. The number of anilines is 2. The van der Waals surface area contributed by atoms with E-state index in [4.69, 9.17) is 0 Å². The molecule has 144 valence electrons. The molecule has 1 aromatic heterocycles. The highest BCUT2D eigenvalue weighted by atomic mass is 32.2. The lowest BCUT2D eigenvalue weighted by molar-refractivity contribution is -0.117. The number of carbonyl (C=O) groups excluding carboxylic acids is 1. The molecule has 2 atom stereocenters. The summed E-state index contributed by atoms with van der Waals surface area (Å²) in [4.78, 5) is 23.3. The minimum absolute atomic E-state index is 0.00870. The van der Waals surface area contributed by atoms with E-state index in [1.165, 1.54) is 6.26 Å². The van der Waals surface area contributed by atoms with Crippen molar-refractivity contribution in [2.45, 2.75) is 44.2 Å². The first-order valence-corrected chi connectivity index (χ1v) is 11.4. The maximum Gasteiger partial charge on any atom is 0.228 e. The molecule has 5 rings (SSSR count). The van der Waals surface area contributed by atoms with Crippen molar-refractivity contribution < 1.29 is 13.2 Å². The number of pyridine rings is 1. The summed E-state index contributed by atoms with van der Waals surface area (Å²) in [6, 6.07) is 1.95. The Labute approximate surface area is 158 Å². The van der Waals surface area contributed by atoms with Gasteiger partial charge in [-0.15, -0.1) is 0 Å². The van der Waals surface area contributed by atoms with Crippen molar-refractivity contribution in [3.63, 3.8) is 0 Å². The van der Waals surface area contributed by atoms with Crippen LogP contribution in [0.25, 0.3) is 0 Å². The van der Waals surface area contributed by atoms with Crippen LogP contribution in [0.15, 0.2) is 11.1 Å². The number of rotatable bonds is 4. The highest BCUT2D eigenvalue weighted by molar-refractivity contribution is 7.88. The molecule has 3 fully saturated rings. The summed E-state index contributed by atoms with van der Waals surface area (Å²) in [5.41, 5.74) is 2.08. The molecule has 9 heteroatoms. The summed E-state index contributed by atoms with van der Waals surface area (Å²) >= 11 is 0. The van der Waals surface area contributed by atoms with E-state index < -0.39 is 10.0 Å². The van der Waals surface area contributed by atoms with Crippen LogP contribution in [-0.2, 0) is 21.2 Å². The molecule has 8 nitrogen and oxygen atoms in total. The van der Waals surface area contributed by atoms with Gasteiger partial charge in [-0.1, -0.05) is 0 Å². The lowest BCUT2D eigenvalue weighted by Gasteiger charge is -2.41. The number of nitrogens with zero attached hydrogens (tertiary/aromatic N) is 4. The van der Waals surface area contributed by atoms with E-state index in [1.807, 2.05) is 12.3 Å². The van der Waals surface area contributed by atoms with Gasteiger partial charge in [0.05, 0.1) is 6.26 Å². The second kappa shape index (κ2) is 6.00. The van der Waals surface area contributed by atoms with Crippen LogP contribution >= 0.6 is 0 Å². The van der Waals surface area contributed by atoms with E-state index in [0.29, 0.717) is 24.7 Å². The largest absolute Gasteiger partial charge is 0.368 e. The Morgan fingerprint density at radius 2 is 1.89 bits per heavy atom. The SMILES string of the molecule is CS(=O)(=O)N1C2CCC1CN(c1cc(NC(=O)C3CC3)nc3c1CC=N3)C2. The third-order valence-electron chi connectivity index (χ3n) is 5.93. The molecule has 1 aromatic rings. The monoisotopic (exact) mass is 389 g/mol. The lowest BCUT2D eigenvalue weighted by atomic mass is 10.1. The van der Waals surface area contributed by atoms with Gasteiger partial charge in [0, 0.05) is 61.0 Å². The molecule has 2 unspecified atom stereocenters. The van der Waals surface area contributed by atoms with E-state index in [1.54, 1.807) is 4.31 Å². The first-order valence-electron chi connectivity index (χ1n) is 9.51. The van der Waals surface area contributed by atoms with Crippen LogP contribution in [0, 0.1) is 5.92 Å². The number of aliphatic imine (C=N–C) groups is 1. The Morgan fingerprint density at radius 1 is 1.19 bits per heavy atom. The molecule has 27 heavy (non-hydrogen) atoms. The third-order valence-corrected chi connectivity index (χ3v) is 7.29. The van der Waals surface area contributed by atoms with Crippen molar-refractivity contribution in [2.75, 3.05) is 29.6 Å². The Hall–Kier alpha value is -2.00. The Balaban J connectivity index is 1.45. The average Bonchev–Trinajstić information content (AvgIpc) is 3.29. The molecule has 0 aromatic carbocycles. The molecule has 2 bridgehead atoms. The first kappa shape index (κ1) is 17.1. The minimum Gasteiger partial charge on any atom is -0.368 e. The van der Waals surface area contributed by atoms with Crippen molar-refractivity contribution in [3.05, 3.63) is 11.6 Å². The molecule has 1 aliphatic carbocycles. The summed E-state index contributed by atoms with van der Waals surface area (Å²) in [5, 5.41) is 2.93. The second-order valence-electron chi connectivity index (χ2n) is 7.99. The maximum atomic E-state index is 12.2. The molecular formula is C18H23N5O3S. The normalized spacial score (nSPS) is 27.1. The number of amides is 1. The van der Waals surface area contributed by atoms with Crippen LogP contribution in [0.2, 0.25) is 0 Å². The fraction of sp³-hybridized carbons (Fsp3) is 0.611. The summed E-state index contributed by atoms with van der Waals surface area (Å²) in [5.74, 6) is 1.34. The fourth-order valence-electron chi connectivity index (χ4n) is 4.59. The van der Waals surface area contributed by atoms with Crippen LogP contribution in [0.3, 0.4) is 0 Å². The van der Waals surface area contributed by atoms with E-state index in [0.717, 1.165) is 43.4 Å². The molecule has 1 saturated carbocycles. The molecule has 3 aliphatic heterocycles. The highest BCUT2D eigenvalue weighted by Gasteiger charge is 2.45. The van der Waals surface area contributed by atoms with Crippen molar-refractivity contribution in [2.24, 2.45) is 10.9 Å². The van der Waals surface area contributed by atoms with Gasteiger partial charge in [-0.2, -0.15) is 4.31 Å². The van der Waals surface area contributed by atoms with Crippen molar-refractivity contribution in [1.82, 2.24) is 9.29 Å². The molecule has 1 N–H and O–H groups in total. The van der Waals surface area contributed by atoms with Gasteiger partial charge in [0.2, 0.25) is 15.9 Å². The molecule has 0 radical (unpaired) electrons. The minimum atomic E-state index is -3.19. The van der Waals surface area contributed by atoms with Gasteiger partial charge in [0.25, 0.3) is 0 Å². The van der Waals surface area contributed by atoms with Crippen LogP contribution in [0.4, 0.5) is 17.3 Å². The standard InChI is InChI=1S/C18H23N5O3S/c1-27(25,26)23-12-4-5-13(23)10-22(9-12)15-8-16(21-18(24)11-2-3-11)20-17-14(15)6-7-19-17/h7-8,11-13H,2-6,9-10H2,1H3,(H,20,21,24). The smallest absolute Gasteiger partial charge is 0.228 e. The summed E-state index contributed by atoms with van der Waals surface area (Å²) in [7, 11) is -3.19. The summed E-state index contributed by atoms with van der Waals surface area (Å²) < 4.78 is 26.0. The number of aromatic nitrogens is 1. The number of nitrogens with one attached hydrogen (secondary N) is 1. The van der Waals surface area contributed by atoms with Crippen LogP contribution in [0.5, 0.6) is 0 Å². The predicted molar refractivity (Wildman–Crippen MR) is 103 cm³/mol. The summed E-state index contributed by atoms with van der Waals surface area (Å²) in [6.45, 7) is 1.33. The molecule has 4 aliphatic rings. The van der Waals surface area contributed by atoms with Gasteiger partial charge in [-0.3, -0.25) is 4.79 Å². The summed E-state index contributed by atoms with van der Waals surface area (Å²) in [6.07, 6.45) is 7.53. The quantitative estimate of drug-likeness (QED) is 0.838. The molecule has 2 saturated heterocycles. The predicted octanol–water partition coefficient (Wildman–Crippen LogP) is 1.30. The van der Waals surface area contributed by atoms with Gasteiger partial charge in [0.15, 0.2) is 5.82 Å². The zero-order valence-electron chi connectivity index (χ0n) is 15.3. The van der Waals surface area contributed by atoms with Crippen LogP contribution in [0.1, 0.15) is 31.2 Å². The number of carbonyl (C=O) groups is 1. The maximum absolute atomic E-state index is 12.2. The molecular weight excluding hydrogens is 366 g/mol. The Morgan fingerprint density at radius 3 is 2.52 bits per heavy atom. The van der Waals surface area contributed by atoms with Crippen molar-refractivity contribution in [3.8, 4) is 0 Å². The van der Waals surface area contributed by atoms with Crippen LogP contribution in [-0.4, -0.2) is 61.3 Å². The van der Waals surface area contributed by atoms with E-state index >= 15 is 0 Å². The number of piperazine rings is 1. The Bertz CT molecular complexity index is 927. The second-order valence-corrected chi connectivity index (χ2v) is 9.88. The zero-order chi connectivity index (χ0) is 18.8. The van der Waals surface area contributed by atoms with Gasteiger partial charge < -0.3 is 10.2 Å². The average molecular weight is 389 g/mol. The molecule has 1 amide bonds. The van der Waals surface area contributed by atoms with Crippen molar-refractivity contribution in [1.29, 1.82) is 0 Å². The van der Waals surface area contributed by atoms with E-state index in [-0.39, 0.29) is 23.9 Å². The van der Waals surface area contributed by atoms with Crippen LogP contribution < -0.4 is 10.2 Å². The first-order chi connectivity index (χ1) is 12.9. The van der Waals surface area contributed by atoms with E-state index in [9.17, 15) is 13.2 Å². The zero-order valence-corrected chi connectivity index (χ0v) is 16.1. The van der Waals surface area contributed by atoms with Gasteiger partial charge >= 0.3 is 0 Å². The molecule has 0 spiro atoms. The Kier molecular flexibility index (Phi) is 3.80. The van der Waals surface area contributed by atoms with Gasteiger partial charge in [-0.05, 0) is 25.7 Å².